The number of piperidine rings is 1. The van der Waals surface area contributed by atoms with E-state index in [4.69, 9.17) is 14.1 Å². The Bertz CT molecular complexity index is 795. The van der Waals surface area contributed by atoms with Crippen LogP contribution in [-0.4, -0.2) is 49.2 Å². The minimum Gasteiger partial charge on any atom is -0.469 e. The molecule has 30 heavy (non-hydrogen) atoms. The number of aryl methyl sites for hydroxylation is 1. The Morgan fingerprint density at radius 3 is 2.73 bits per heavy atom. The number of furan rings is 1. The predicted molar refractivity (Wildman–Crippen MR) is 120 cm³/mol. The molecule has 0 radical (unpaired) electrons. The van der Waals surface area contributed by atoms with E-state index in [0.717, 1.165) is 43.9 Å². The Morgan fingerprint density at radius 2 is 2.07 bits per heavy atom. The SMILES string of the molecule is CCOC(=O)N1CCC(NC(=NCc2ccc(CC)s2)NCCc2ccco2)CC1. The zero-order valence-electron chi connectivity index (χ0n) is 17.9. The molecule has 7 nitrogen and oxygen atoms in total. The first-order chi connectivity index (χ1) is 14.7. The Labute approximate surface area is 182 Å². The largest absolute Gasteiger partial charge is 0.469 e. The maximum atomic E-state index is 11.9. The molecule has 0 aromatic carbocycles. The lowest BCUT2D eigenvalue weighted by molar-refractivity contribution is 0.0963. The number of nitrogens with one attached hydrogen (secondary N) is 2. The summed E-state index contributed by atoms with van der Waals surface area (Å²) in [5.41, 5.74) is 0. The lowest BCUT2D eigenvalue weighted by Crippen LogP contribution is -2.50. The molecule has 3 rings (SSSR count). The summed E-state index contributed by atoms with van der Waals surface area (Å²) in [5, 5.41) is 6.98. The first kappa shape index (κ1) is 22.2. The molecule has 0 unspecified atom stereocenters. The monoisotopic (exact) mass is 432 g/mol. The van der Waals surface area contributed by atoms with E-state index in [1.165, 1.54) is 9.75 Å². The molecule has 2 aromatic heterocycles. The number of rotatable bonds is 8. The van der Waals surface area contributed by atoms with Crippen molar-refractivity contribution in [3.8, 4) is 0 Å². The van der Waals surface area contributed by atoms with Gasteiger partial charge in [-0.2, -0.15) is 0 Å². The molecule has 0 atom stereocenters. The van der Waals surface area contributed by atoms with Gasteiger partial charge in [-0.3, -0.25) is 0 Å². The summed E-state index contributed by atoms with van der Waals surface area (Å²) in [6.07, 6.45) is 5.08. The van der Waals surface area contributed by atoms with Gasteiger partial charge in [0.15, 0.2) is 5.96 Å². The Kier molecular flexibility index (Phi) is 8.62. The molecule has 2 N–H and O–H groups in total. The number of nitrogens with zero attached hydrogens (tertiary/aromatic N) is 2. The molecule has 1 aliphatic rings. The summed E-state index contributed by atoms with van der Waals surface area (Å²) in [6, 6.07) is 8.50. The molecule has 8 heteroatoms. The van der Waals surface area contributed by atoms with Crippen molar-refractivity contribution in [2.75, 3.05) is 26.2 Å². The number of hydrogen-bond donors (Lipinski definition) is 2. The van der Waals surface area contributed by atoms with Crippen molar-refractivity contribution in [3.05, 3.63) is 46.0 Å². The van der Waals surface area contributed by atoms with Crippen molar-refractivity contribution in [2.45, 2.75) is 52.1 Å². The third kappa shape index (κ3) is 6.79. The van der Waals surface area contributed by atoms with Gasteiger partial charge >= 0.3 is 6.09 Å². The van der Waals surface area contributed by atoms with E-state index in [-0.39, 0.29) is 12.1 Å². The smallest absolute Gasteiger partial charge is 0.409 e. The van der Waals surface area contributed by atoms with Gasteiger partial charge in [0.1, 0.15) is 5.76 Å². The number of amides is 1. The van der Waals surface area contributed by atoms with Crippen LogP contribution in [0.3, 0.4) is 0 Å². The van der Waals surface area contributed by atoms with Crippen molar-refractivity contribution < 1.29 is 13.9 Å². The fourth-order valence-electron chi connectivity index (χ4n) is 3.38. The van der Waals surface area contributed by atoms with Gasteiger partial charge in [-0.25, -0.2) is 9.79 Å². The molecular weight excluding hydrogens is 400 g/mol. The third-order valence-corrected chi connectivity index (χ3v) is 6.28. The summed E-state index contributed by atoms with van der Waals surface area (Å²) < 4.78 is 10.5. The maximum absolute atomic E-state index is 11.9. The predicted octanol–water partition coefficient (Wildman–Crippen LogP) is 3.80. The summed E-state index contributed by atoms with van der Waals surface area (Å²) in [4.78, 5) is 21.1. The molecule has 0 bridgehead atoms. The van der Waals surface area contributed by atoms with Gasteiger partial charge in [0, 0.05) is 41.9 Å². The van der Waals surface area contributed by atoms with Crippen LogP contribution in [-0.2, 0) is 24.1 Å². The van der Waals surface area contributed by atoms with E-state index in [2.05, 4.69) is 29.7 Å². The van der Waals surface area contributed by atoms with Crippen molar-refractivity contribution in [1.82, 2.24) is 15.5 Å². The first-order valence-corrected chi connectivity index (χ1v) is 11.6. The average Bonchev–Trinajstić information content (AvgIpc) is 3.44. The number of guanidine groups is 1. The Hall–Kier alpha value is -2.48. The number of aliphatic imine (C=N–C) groups is 1. The van der Waals surface area contributed by atoms with Gasteiger partial charge in [-0.1, -0.05) is 6.92 Å². The second-order valence-corrected chi connectivity index (χ2v) is 8.50. The maximum Gasteiger partial charge on any atom is 0.409 e. The highest BCUT2D eigenvalue weighted by molar-refractivity contribution is 7.11. The highest BCUT2D eigenvalue weighted by Gasteiger charge is 2.24. The highest BCUT2D eigenvalue weighted by Crippen LogP contribution is 2.18. The van der Waals surface area contributed by atoms with Gasteiger partial charge in [-0.05, 0) is 50.5 Å². The van der Waals surface area contributed by atoms with E-state index >= 15 is 0 Å². The second kappa shape index (κ2) is 11.6. The molecule has 0 aliphatic carbocycles. The standard InChI is InChI=1S/C22H32N4O3S/c1-3-19-7-8-20(30-19)16-24-21(23-12-9-18-6-5-15-29-18)25-17-10-13-26(14-11-17)22(27)28-4-2/h5-8,15,17H,3-4,9-14,16H2,1-2H3,(H2,23,24,25). The van der Waals surface area contributed by atoms with Crippen LogP contribution in [0.1, 0.15) is 42.2 Å². The van der Waals surface area contributed by atoms with Crippen molar-refractivity contribution in [3.63, 3.8) is 0 Å². The van der Waals surface area contributed by atoms with Crippen molar-refractivity contribution in [2.24, 2.45) is 4.99 Å². The molecule has 1 aliphatic heterocycles. The first-order valence-electron chi connectivity index (χ1n) is 10.7. The minimum absolute atomic E-state index is 0.217. The second-order valence-electron chi connectivity index (χ2n) is 7.25. The van der Waals surface area contributed by atoms with Gasteiger partial charge in [0.2, 0.25) is 0 Å². The molecule has 0 saturated carbocycles. The number of hydrogen-bond acceptors (Lipinski definition) is 5. The Morgan fingerprint density at radius 1 is 1.27 bits per heavy atom. The highest BCUT2D eigenvalue weighted by atomic mass is 32.1. The fraction of sp³-hybridized carbons (Fsp3) is 0.545. The van der Waals surface area contributed by atoms with Crippen LogP contribution in [0.5, 0.6) is 0 Å². The zero-order valence-corrected chi connectivity index (χ0v) is 18.7. The van der Waals surface area contributed by atoms with Crippen LogP contribution in [0.15, 0.2) is 39.9 Å². The molecule has 2 aromatic rings. The summed E-state index contributed by atoms with van der Waals surface area (Å²) in [5.74, 6) is 1.76. The van der Waals surface area contributed by atoms with E-state index in [1.54, 1.807) is 11.2 Å². The lowest BCUT2D eigenvalue weighted by Gasteiger charge is -2.32. The third-order valence-electron chi connectivity index (χ3n) is 5.06. The van der Waals surface area contributed by atoms with E-state index in [0.29, 0.717) is 26.2 Å². The molecule has 1 fully saturated rings. The van der Waals surface area contributed by atoms with E-state index in [9.17, 15) is 4.79 Å². The zero-order chi connectivity index (χ0) is 21.2. The van der Waals surface area contributed by atoms with Crippen LogP contribution in [0.25, 0.3) is 0 Å². The van der Waals surface area contributed by atoms with E-state index < -0.39 is 0 Å². The topological polar surface area (TPSA) is 79.1 Å². The fourth-order valence-corrected chi connectivity index (χ4v) is 4.26. The van der Waals surface area contributed by atoms with Crippen LogP contribution >= 0.6 is 11.3 Å². The van der Waals surface area contributed by atoms with Gasteiger partial charge in [-0.15, -0.1) is 11.3 Å². The summed E-state index contributed by atoms with van der Waals surface area (Å²) in [7, 11) is 0. The van der Waals surface area contributed by atoms with Crippen LogP contribution in [0.4, 0.5) is 4.79 Å². The number of carbonyl (C=O) groups excluding carboxylic acids is 1. The summed E-state index contributed by atoms with van der Waals surface area (Å²) in [6.45, 7) is 7.21. The van der Waals surface area contributed by atoms with Crippen LogP contribution in [0.2, 0.25) is 0 Å². The molecule has 164 valence electrons. The normalized spacial score (nSPS) is 15.3. The van der Waals surface area contributed by atoms with E-state index in [1.807, 2.05) is 30.4 Å². The number of ether oxygens (including phenoxy) is 1. The molecular formula is C22H32N4O3S. The van der Waals surface area contributed by atoms with Crippen LogP contribution in [0, 0.1) is 0 Å². The average molecular weight is 433 g/mol. The van der Waals surface area contributed by atoms with Crippen molar-refractivity contribution >= 4 is 23.4 Å². The molecule has 0 spiro atoms. The number of thiophene rings is 1. The quantitative estimate of drug-likeness (QED) is 0.490. The lowest BCUT2D eigenvalue weighted by atomic mass is 10.1. The van der Waals surface area contributed by atoms with Gasteiger partial charge < -0.3 is 24.7 Å². The number of carbonyl (C=O) groups is 1. The number of likely N-dealkylation sites (tertiary alicyclic amines) is 1. The van der Waals surface area contributed by atoms with Crippen molar-refractivity contribution in [1.29, 1.82) is 0 Å². The molecule has 1 saturated heterocycles. The van der Waals surface area contributed by atoms with Gasteiger partial charge in [0.05, 0.1) is 19.4 Å². The molecule has 3 heterocycles. The summed E-state index contributed by atoms with van der Waals surface area (Å²) >= 11 is 1.82. The van der Waals surface area contributed by atoms with Crippen LogP contribution < -0.4 is 10.6 Å². The van der Waals surface area contributed by atoms with Gasteiger partial charge in [0.25, 0.3) is 0 Å². The Balaban J connectivity index is 1.54. The minimum atomic E-state index is -0.217. The molecule has 1 amide bonds.